The molecular weight excluding hydrogens is 398 g/mol. The maximum Gasteiger partial charge on any atom is 0.261 e. The molecule has 0 saturated carbocycles. The zero-order chi connectivity index (χ0) is 21.2. The third-order valence-electron chi connectivity index (χ3n) is 4.28. The fraction of sp³-hybridized carbons (Fsp3) is 0.0952. The van der Waals surface area contributed by atoms with Crippen molar-refractivity contribution in [1.82, 2.24) is 0 Å². The van der Waals surface area contributed by atoms with E-state index in [-0.39, 0.29) is 16.1 Å². The van der Waals surface area contributed by atoms with Crippen molar-refractivity contribution in [3.05, 3.63) is 89.0 Å². The van der Waals surface area contributed by atoms with Crippen LogP contribution in [0.2, 0.25) is 0 Å². The summed E-state index contributed by atoms with van der Waals surface area (Å²) >= 11 is 0. The maximum absolute atomic E-state index is 13.8. The molecule has 3 rings (SSSR count). The second-order valence-electron chi connectivity index (χ2n) is 6.50. The molecule has 5 nitrogen and oxygen atoms in total. The minimum absolute atomic E-state index is 0.0415. The van der Waals surface area contributed by atoms with E-state index in [0.29, 0.717) is 5.56 Å². The summed E-state index contributed by atoms with van der Waals surface area (Å²) in [5, 5.41) is 2.18. The molecule has 29 heavy (non-hydrogen) atoms. The minimum Gasteiger partial charge on any atom is -0.317 e. The van der Waals surface area contributed by atoms with E-state index in [1.54, 1.807) is 25.1 Å². The van der Waals surface area contributed by atoms with Gasteiger partial charge in [-0.3, -0.25) is 9.52 Å². The first-order chi connectivity index (χ1) is 13.7. The largest absolute Gasteiger partial charge is 0.317 e. The Morgan fingerprint density at radius 3 is 2.14 bits per heavy atom. The number of aryl methyl sites for hydroxylation is 2. The van der Waals surface area contributed by atoms with Crippen molar-refractivity contribution in [2.24, 2.45) is 0 Å². The van der Waals surface area contributed by atoms with E-state index in [9.17, 15) is 22.0 Å². The first-order valence-corrected chi connectivity index (χ1v) is 10.1. The van der Waals surface area contributed by atoms with E-state index >= 15 is 0 Å². The summed E-state index contributed by atoms with van der Waals surface area (Å²) < 4.78 is 55.2. The highest BCUT2D eigenvalue weighted by Crippen LogP contribution is 2.23. The number of anilines is 2. The molecule has 0 aliphatic heterocycles. The Morgan fingerprint density at radius 2 is 1.52 bits per heavy atom. The van der Waals surface area contributed by atoms with E-state index < -0.39 is 33.3 Å². The molecule has 0 spiro atoms. The van der Waals surface area contributed by atoms with Gasteiger partial charge in [-0.05, 0) is 55.8 Å². The molecule has 0 aliphatic rings. The molecule has 2 N–H and O–H groups in total. The molecule has 150 valence electrons. The smallest absolute Gasteiger partial charge is 0.261 e. The van der Waals surface area contributed by atoms with Crippen molar-refractivity contribution in [3.8, 4) is 0 Å². The number of carbonyl (C=O) groups excluding carboxylic acids is 1. The molecular formula is C21H18F2N2O3S. The third kappa shape index (κ3) is 4.60. The van der Waals surface area contributed by atoms with E-state index in [4.69, 9.17) is 0 Å². The van der Waals surface area contributed by atoms with Crippen LogP contribution in [0.25, 0.3) is 0 Å². The Kier molecular flexibility index (Phi) is 5.65. The predicted octanol–water partition coefficient (Wildman–Crippen LogP) is 4.63. The van der Waals surface area contributed by atoms with E-state index in [1.807, 2.05) is 6.92 Å². The lowest BCUT2D eigenvalue weighted by Gasteiger charge is -2.13. The highest BCUT2D eigenvalue weighted by Gasteiger charge is 2.18. The minimum atomic E-state index is -3.87. The second-order valence-corrected chi connectivity index (χ2v) is 8.18. The van der Waals surface area contributed by atoms with Crippen LogP contribution in [0.1, 0.15) is 21.5 Å². The standard InChI is InChI=1S/C21H18F2N2O3S/c1-13-6-10-16(11-7-13)29(27,28)25-19-12-15(9-8-14(19)2)21(26)24-20-17(22)4-3-5-18(20)23/h3-12,25H,1-2H3,(H,24,26). The van der Waals surface area contributed by atoms with Crippen molar-refractivity contribution in [3.63, 3.8) is 0 Å². The average molecular weight is 416 g/mol. The highest BCUT2D eigenvalue weighted by atomic mass is 32.2. The van der Waals surface area contributed by atoms with E-state index in [1.165, 1.54) is 30.3 Å². The van der Waals surface area contributed by atoms with Crippen LogP contribution in [0.5, 0.6) is 0 Å². The highest BCUT2D eigenvalue weighted by molar-refractivity contribution is 7.92. The lowest BCUT2D eigenvalue weighted by molar-refractivity contribution is 0.102. The lowest BCUT2D eigenvalue weighted by atomic mass is 10.1. The first kappa shape index (κ1) is 20.5. The molecule has 0 fully saturated rings. The Bertz CT molecular complexity index is 1160. The van der Waals surface area contributed by atoms with Crippen LogP contribution >= 0.6 is 0 Å². The molecule has 0 radical (unpaired) electrons. The van der Waals surface area contributed by atoms with Crippen molar-refractivity contribution in [1.29, 1.82) is 0 Å². The van der Waals surface area contributed by atoms with Gasteiger partial charge in [-0.1, -0.05) is 29.8 Å². The number of nitrogens with one attached hydrogen (secondary N) is 2. The third-order valence-corrected chi connectivity index (χ3v) is 5.66. The van der Waals surface area contributed by atoms with Gasteiger partial charge in [0.2, 0.25) is 0 Å². The number of benzene rings is 3. The number of hydrogen-bond acceptors (Lipinski definition) is 3. The normalized spacial score (nSPS) is 11.2. The average Bonchev–Trinajstić information content (AvgIpc) is 2.66. The quantitative estimate of drug-likeness (QED) is 0.637. The van der Waals surface area contributed by atoms with Gasteiger partial charge in [0.25, 0.3) is 15.9 Å². The van der Waals surface area contributed by atoms with Gasteiger partial charge in [-0.2, -0.15) is 0 Å². The Hall–Kier alpha value is -3.26. The SMILES string of the molecule is Cc1ccc(S(=O)(=O)Nc2cc(C(=O)Nc3c(F)cccc3F)ccc2C)cc1. The van der Waals surface area contributed by atoms with Gasteiger partial charge in [0.15, 0.2) is 0 Å². The molecule has 0 saturated heterocycles. The van der Waals surface area contributed by atoms with Crippen LogP contribution in [-0.2, 0) is 10.0 Å². The summed E-state index contributed by atoms with van der Waals surface area (Å²) in [7, 11) is -3.87. The second kappa shape index (κ2) is 8.00. The van der Waals surface area contributed by atoms with Gasteiger partial charge >= 0.3 is 0 Å². The molecule has 1 amide bonds. The Balaban J connectivity index is 1.88. The Morgan fingerprint density at radius 1 is 0.897 bits per heavy atom. The molecule has 0 aliphatic carbocycles. The van der Waals surface area contributed by atoms with Gasteiger partial charge in [0.1, 0.15) is 17.3 Å². The summed E-state index contributed by atoms with van der Waals surface area (Å²) in [5.74, 6) is -2.60. The van der Waals surface area contributed by atoms with Crippen LogP contribution in [-0.4, -0.2) is 14.3 Å². The summed E-state index contributed by atoms with van der Waals surface area (Å²) in [4.78, 5) is 12.5. The number of halogens is 2. The van der Waals surface area contributed by atoms with Gasteiger partial charge < -0.3 is 5.32 Å². The van der Waals surface area contributed by atoms with Crippen molar-refractivity contribution in [2.75, 3.05) is 10.0 Å². The fourth-order valence-electron chi connectivity index (χ4n) is 2.60. The summed E-state index contributed by atoms with van der Waals surface area (Å²) in [6, 6.07) is 13.8. The topological polar surface area (TPSA) is 75.3 Å². The number of amides is 1. The number of rotatable bonds is 5. The maximum atomic E-state index is 13.8. The molecule has 0 bridgehead atoms. The number of para-hydroxylation sites is 1. The van der Waals surface area contributed by atoms with Gasteiger partial charge in [0.05, 0.1) is 10.6 Å². The van der Waals surface area contributed by atoms with Gasteiger partial charge in [0, 0.05) is 5.56 Å². The summed E-state index contributed by atoms with van der Waals surface area (Å²) in [5.41, 5.74) is 1.15. The van der Waals surface area contributed by atoms with Crippen molar-refractivity contribution in [2.45, 2.75) is 18.7 Å². The molecule has 8 heteroatoms. The fourth-order valence-corrected chi connectivity index (χ4v) is 3.72. The van der Waals surface area contributed by atoms with Crippen LogP contribution < -0.4 is 10.0 Å². The summed E-state index contributed by atoms with van der Waals surface area (Å²) in [6.07, 6.45) is 0. The molecule has 0 heterocycles. The van der Waals surface area contributed by atoms with Gasteiger partial charge in [-0.25, -0.2) is 17.2 Å². The molecule has 3 aromatic rings. The molecule has 0 aromatic heterocycles. The monoisotopic (exact) mass is 416 g/mol. The number of hydrogen-bond donors (Lipinski definition) is 2. The zero-order valence-electron chi connectivity index (χ0n) is 15.7. The number of carbonyl (C=O) groups is 1. The van der Waals surface area contributed by atoms with Crippen molar-refractivity contribution >= 4 is 27.3 Å². The Labute approximate surface area is 167 Å². The predicted molar refractivity (Wildman–Crippen MR) is 107 cm³/mol. The number of sulfonamides is 1. The molecule has 0 atom stereocenters. The molecule has 3 aromatic carbocycles. The van der Waals surface area contributed by atoms with Crippen LogP contribution in [0.4, 0.5) is 20.2 Å². The lowest BCUT2D eigenvalue weighted by Crippen LogP contribution is -2.17. The van der Waals surface area contributed by atoms with E-state index in [0.717, 1.165) is 17.7 Å². The van der Waals surface area contributed by atoms with Crippen LogP contribution in [0.15, 0.2) is 65.6 Å². The zero-order valence-corrected chi connectivity index (χ0v) is 16.5. The molecule has 0 unspecified atom stereocenters. The summed E-state index contributed by atoms with van der Waals surface area (Å²) in [6.45, 7) is 3.51. The first-order valence-electron chi connectivity index (χ1n) is 8.63. The van der Waals surface area contributed by atoms with Crippen LogP contribution in [0, 0.1) is 25.5 Å². The van der Waals surface area contributed by atoms with Crippen molar-refractivity contribution < 1.29 is 22.0 Å². The van der Waals surface area contributed by atoms with Crippen LogP contribution in [0.3, 0.4) is 0 Å². The van der Waals surface area contributed by atoms with E-state index in [2.05, 4.69) is 10.0 Å². The van der Waals surface area contributed by atoms with Gasteiger partial charge in [-0.15, -0.1) is 0 Å².